The number of anilines is 1. The van der Waals surface area contributed by atoms with E-state index in [0.717, 1.165) is 10.9 Å². The molecule has 5 nitrogen and oxygen atoms in total. The summed E-state index contributed by atoms with van der Waals surface area (Å²) in [6.07, 6.45) is 1.61. The van der Waals surface area contributed by atoms with Crippen molar-refractivity contribution in [2.24, 2.45) is 0 Å². The summed E-state index contributed by atoms with van der Waals surface area (Å²) in [4.78, 5) is 4.28. The molecule has 0 fully saturated rings. The molecule has 4 aromatic rings. The molecule has 0 spiro atoms. The van der Waals surface area contributed by atoms with Crippen LogP contribution in [0.25, 0.3) is 10.9 Å². The number of halogens is 3. The maximum Gasteiger partial charge on any atom is 0.263 e. The lowest BCUT2D eigenvalue weighted by Crippen LogP contribution is -2.13. The summed E-state index contributed by atoms with van der Waals surface area (Å²) in [5.41, 5.74) is 1.77. The average molecular weight is 494 g/mol. The average Bonchev–Trinajstić information content (AvgIpc) is 2.70. The second-order valence-corrected chi connectivity index (χ2v) is 9.65. The predicted octanol–water partition coefficient (Wildman–Crippen LogP) is 7.10. The van der Waals surface area contributed by atoms with Gasteiger partial charge in [-0.05, 0) is 55.0 Å². The van der Waals surface area contributed by atoms with Gasteiger partial charge in [-0.1, -0.05) is 53.0 Å². The number of aryl methyl sites for hydroxylation is 1. The van der Waals surface area contributed by atoms with Crippen molar-refractivity contribution in [2.45, 2.75) is 11.8 Å². The van der Waals surface area contributed by atoms with Gasteiger partial charge in [0.05, 0.1) is 27.4 Å². The molecule has 0 aliphatic rings. The summed E-state index contributed by atoms with van der Waals surface area (Å²) >= 11 is 18.3. The first-order valence-corrected chi connectivity index (χ1v) is 11.7. The molecule has 4 rings (SSSR count). The van der Waals surface area contributed by atoms with Crippen LogP contribution in [0.15, 0.2) is 71.8 Å². The van der Waals surface area contributed by atoms with Crippen molar-refractivity contribution in [2.75, 3.05) is 4.72 Å². The summed E-state index contributed by atoms with van der Waals surface area (Å²) < 4.78 is 33.9. The quantitative estimate of drug-likeness (QED) is 0.322. The minimum Gasteiger partial charge on any atom is -0.454 e. The number of nitrogens with zero attached hydrogens (tertiary/aromatic N) is 1. The molecule has 0 amide bonds. The minimum absolute atomic E-state index is 0.0200. The monoisotopic (exact) mass is 492 g/mol. The van der Waals surface area contributed by atoms with Crippen LogP contribution >= 0.6 is 34.8 Å². The van der Waals surface area contributed by atoms with Gasteiger partial charge in [-0.25, -0.2) is 8.42 Å². The van der Waals surface area contributed by atoms with Crippen LogP contribution in [0.3, 0.4) is 0 Å². The standard InChI is InChI=1S/C22H15Cl3N2O3S/c1-13-8-16(27-31(28,29)21-7-6-15(23)10-18(21)24)11-19(25)22(13)30-17-9-14-4-2-3-5-20(14)26-12-17/h2-12,27H,1H3. The molecule has 0 unspecified atom stereocenters. The first kappa shape index (κ1) is 21.7. The van der Waals surface area contributed by atoms with E-state index in [2.05, 4.69) is 9.71 Å². The third-order valence-electron chi connectivity index (χ3n) is 4.45. The first-order chi connectivity index (χ1) is 14.7. The number of benzene rings is 3. The summed E-state index contributed by atoms with van der Waals surface area (Å²) in [6, 6.07) is 16.8. The highest BCUT2D eigenvalue weighted by Gasteiger charge is 2.20. The summed E-state index contributed by atoms with van der Waals surface area (Å²) in [5.74, 6) is 0.927. The lowest BCUT2D eigenvalue weighted by Gasteiger charge is -2.15. The molecule has 0 atom stereocenters. The number of nitrogens with one attached hydrogen (secondary N) is 1. The van der Waals surface area contributed by atoms with E-state index in [9.17, 15) is 8.42 Å². The van der Waals surface area contributed by atoms with Crippen LogP contribution < -0.4 is 9.46 Å². The molecule has 0 aliphatic heterocycles. The topological polar surface area (TPSA) is 68.3 Å². The van der Waals surface area contributed by atoms with E-state index < -0.39 is 10.0 Å². The number of aromatic nitrogens is 1. The Morgan fingerprint density at radius 1 is 0.935 bits per heavy atom. The van der Waals surface area contributed by atoms with E-state index in [4.69, 9.17) is 39.5 Å². The van der Waals surface area contributed by atoms with Crippen LogP contribution in [0.4, 0.5) is 5.69 Å². The Hall–Kier alpha value is -2.51. The van der Waals surface area contributed by atoms with E-state index in [0.29, 0.717) is 22.1 Å². The van der Waals surface area contributed by atoms with Crippen molar-refractivity contribution in [3.8, 4) is 11.5 Å². The largest absolute Gasteiger partial charge is 0.454 e. The lowest BCUT2D eigenvalue weighted by molar-refractivity contribution is 0.478. The molecule has 1 N–H and O–H groups in total. The number of hydrogen-bond acceptors (Lipinski definition) is 4. The molecule has 0 saturated carbocycles. The molecule has 1 heterocycles. The molecule has 0 bridgehead atoms. The smallest absolute Gasteiger partial charge is 0.263 e. The van der Waals surface area contributed by atoms with Crippen LogP contribution in [-0.2, 0) is 10.0 Å². The number of sulfonamides is 1. The fraction of sp³-hybridized carbons (Fsp3) is 0.0455. The van der Waals surface area contributed by atoms with Crippen molar-refractivity contribution in [1.29, 1.82) is 0 Å². The van der Waals surface area contributed by atoms with E-state index in [-0.39, 0.29) is 20.6 Å². The number of hydrogen-bond donors (Lipinski definition) is 1. The Kier molecular flexibility index (Phi) is 5.99. The number of fused-ring (bicyclic) bond motifs is 1. The van der Waals surface area contributed by atoms with Gasteiger partial charge < -0.3 is 4.74 Å². The second kappa shape index (κ2) is 8.55. The van der Waals surface area contributed by atoms with Gasteiger partial charge in [-0.3, -0.25) is 9.71 Å². The molecule has 3 aromatic carbocycles. The van der Waals surface area contributed by atoms with Gasteiger partial charge in [0, 0.05) is 10.4 Å². The van der Waals surface area contributed by atoms with Crippen LogP contribution in [0.2, 0.25) is 15.1 Å². The van der Waals surface area contributed by atoms with Crippen LogP contribution in [0, 0.1) is 6.92 Å². The molecule has 0 radical (unpaired) electrons. The van der Waals surface area contributed by atoms with E-state index in [1.807, 2.05) is 30.3 Å². The maximum atomic E-state index is 12.7. The number of pyridine rings is 1. The van der Waals surface area contributed by atoms with Gasteiger partial charge in [0.25, 0.3) is 10.0 Å². The highest BCUT2D eigenvalue weighted by Crippen LogP contribution is 2.37. The summed E-state index contributed by atoms with van der Waals surface area (Å²) in [5, 5.41) is 1.53. The SMILES string of the molecule is Cc1cc(NS(=O)(=O)c2ccc(Cl)cc2Cl)cc(Cl)c1Oc1cnc2ccccc2c1. The van der Waals surface area contributed by atoms with E-state index >= 15 is 0 Å². The van der Waals surface area contributed by atoms with Crippen molar-refractivity contribution >= 4 is 61.4 Å². The fourth-order valence-electron chi connectivity index (χ4n) is 3.05. The lowest BCUT2D eigenvalue weighted by atomic mass is 10.2. The van der Waals surface area contributed by atoms with Gasteiger partial charge in [0.15, 0.2) is 0 Å². The normalized spacial score (nSPS) is 11.5. The molecule has 31 heavy (non-hydrogen) atoms. The first-order valence-electron chi connectivity index (χ1n) is 9.03. The number of rotatable bonds is 5. The Balaban J connectivity index is 1.62. The van der Waals surface area contributed by atoms with Crippen molar-refractivity contribution < 1.29 is 13.2 Å². The second-order valence-electron chi connectivity index (χ2n) is 6.75. The number of para-hydroxylation sites is 1. The van der Waals surface area contributed by atoms with Crippen LogP contribution in [0.1, 0.15) is 5.56 Å². The van der Waals surface area contributed by atoms with E-state index in [1.54, 1.807) is 19.2 Å². The highest BCUT2D eigenvalue weighted by molar-refractivity contribution is 7.92. The van der Waals surface area contributed by atoms with Gasteiger partial charge in [-0.15, -0.1) is 0 Å². The maximum absolute atomic E-state index is 12.7. The molecule has 0 aliphatic carbocycles. The molecular formula is C22H15Cl3N2O3S. The van der Waals surface area contributed by atoms with E-state index in [1.165, 1.54) is 24.3 Å². The Morgan fingerprint density at radius 2 is 1.71 bits per heavy atom. The third kappa shape index (κ3) is 4.72. The zero-order chi connectivity index (χ0) is 22.2. The van der Waals surface area contributed by atoms with Gasteiger partial charge in [-0.2, -0.15) is 0 Å². The number of ether oxygens (including phenoxy) is 1. The van der Waals surface area contributed by atoms with Gasteiger partial charge in [0.1, 0.15) is 16.4 Å². The summed E-state index contributed by atoms with van der Waals surface area (Å²) in [6.45, 7) is 1.77. The molecule has 158 valence electrons. The Bertz CT molecular complexity index is 1390. The Morgan fingerprint density at radius 3 is 2.45 bits per heavy atom. The highest BCUT2D eigenvalue weighted by atomic mass is 35.5. The molecule has 0 saturated heterocycles. The zero-order valence-corrected chi connectivity index (χ0v) is 19.1. The van der Waals surface area contributed by atoms with Crippen molar-refractivity contribution in [1.82, 2.24) is 4.98 Å². The summed E-state index contributed by atoms with van der Waals surface area (Å²) in [7, 11) is -3.94. The van der Waals surface area contributed by atoms with Crippen molar-refractivity contribution in [3.05, 3.63) is 87.5 Å². The fourth-order valence-corrected chi connectivity index (χ4v) is 5.17. The molecular weight excluding hydrogens is 479 g/mol. The third-order valence-corrected chi connectivity index (χ3v) is 6.83. The molecule has 1 aromatic heterocycles. The minimum atomic E-state index is -3.94. The van der Waals surface area contributed by atoms with Crippen LogP contribution in [0.5, 0.6) is 11.5 Å². The zero-order valence-electron chi connectivity index (χ0n) is 16.1. The predicted molar refractivity (Wildman–Crippen MR) is 125 cm³/mol. The Labute approximate surface area is 194 Å². The molecule has 9 heteroatoms. The van der Waals surface area contributed by atoms with Gasteiger partial charge in [0.2, 0.25) is 0 Å². The van der Waals surface area contributed by atoms with Crippen molar-refractivity contribution in [3.63, 3.8) is 0 Å². The van der Waals surface area contributed by atoms with Crippen LogP contribution in [-0.4, -0.2) is 13.4 Å². The van der Waals surface area contributed by atoms with Gasteiger partial charge >= 0.3 is 0 Å².